The lowest BCUT2D eigenvalue weighted by atomic mass is 10.3. The van der Waals surface area contributed by atoms with Crippen LogP contribution < -0.4 is 15.4 Å². The van der Waals surface area contributed by atoms with Crippen LogP contribution in [0.15, 0.2) is 36.4 Å². The van der Waals surface area contributed by atoms with Gasteiger partial charge in [-0.1, -0.05) is 12.2 Å². The van der Waals surface area contributed by atoms with Gasteiger partial charge in [0.15, 0.2) is 0 Å². The summed E-state index contributed by atoms with van der Waals surface area (Å²) >= 11 is 5.40. The molecule has 0 aliphatic heterocycles. The van der Waals surface area contributed by atoms with Crippen molar-refractivity contribution in [3.8, 4) is 5.75 Å². The summed E-state index contributed by atoms with van der Waals surface area (Å²) in [7, 11) is 0. The molecular formula is C12H12ClF3N2O2. The van der Waals surface area contributed by atoms with E-state index in [0.717, 1.165) is 12.1 Å². The summed E-state index contributed by atoms with van der Waals surface area (Å²) in [6, 6.07) is 4.34. The van der Waals surface area contributed by atoms with Gasteiger partial charge >= 0.3 is 12.4 Å². The number of rotatable bonds is 5. The van der Waals surface area contributed by atoms with Crippen LogP contribution in [0.5, 0.6) is 5.75 Å². The van der Waals surface area contributed by atoms with Crippen LogP contribution in [-0.4, -0.2) is 24.8 Å². The molecule has 2 N–H and O–H groups in total. The molecule has 0 aliphatic rings. The summed E-state index contributed by atoms with van der Waals surface area (Å²) in [5.41, 5.74) is 0.346. The summed E-state index contributed by atoms with van der Waals surface area (Å²) in [6.45, 7) is 0.299. The van der Waals surface area contributed by atoms with Crippen LogP contribution in [-0.2, 0) is 0 Å². The minimum absolute atomic E-state index is 0.299. The van der Waals surface area contributed by atoms with E-state index in [9.17, 15) is 18.0 Å². The number of halogens is 4. The van der Waals surface area contributed by atoms with Crippen molar-refractivity contribution in [1.82, 2.24) is 5.32 Å². The first kappa shape index (κ1) is 16.2. The van der Waals surface area contributed by atoms with Gasteiger partial charge in [0.1, 0.15) is 5.75 Å². The van der Waals surface area contributed by atoms with Crippen molar-refractivity contribution in [2.75, 3.05) is 17.7 Å². The maximum atomic E-state index is 11.9. The second-order valence-electron chi connectivity index (χ2n) is 3.53. The molecule has 0 spiro atoms. The van der Waals surface area contributed by atoms with Gasteiger partial charge in [0.05, 0.1) is 0 Å². The zero-order chi connectivity index (χ0) is 15.0. The van der Waals surface area contributed by atoms with Gasteiger partial charge in [0.2, 0.25) is 0 Å². The first-order valence-corrected chi connectivity index (χ1v) is 6.06. The highest BCUT2D eigenvalue weighted by Gasteiger charge is 2.30. The van der Waals surface area contributed by atoms with E-state index in [0.29, 0.717) is 18.1 Å². The Bertz CT molecular complexity index is 461. The fourth-order valence-corrected chi connectivity index (χ4v) is 1.34. The minimum Gasteiger partial charge on any atom is -0.406 e. The van der Waals surface area contributed by atoms with Crippen molar-refractivity contribution < 1.29 is 22.7 Å². The second kappa shape index (κ2) is 7.64. The highest BCUT2D eigenvalue weighted by atomic mass is 35.5. The Labute approximate surface area is 118 Å². The lowest BCUT2D eigenvalue weighted by Gasteiger charge is -2.10. The molecular weight excluding hydrogens is 297 g/mol. The van der Waals surface area contributed by atoms with Gasteiger partial charge in [-0.15, -0.1) is 24.8 Å². The van der Waals surface area contributed by atoms with Crippen molar-refractivity contribution in [3.63, 3.8) is 0 Å². The Hall–Kier alpha value is -1.89. The predicted molar refractivity (Wildman–Crippen MR) is 70.0 cm³/mol. The van der Waals surface area contributed by atoms with Crippen LogP contribution in [0.2, 0.25) is 0 Å². The number of carbonyl (C=O) groups is 1. The molecule has 0 saturated heterocycles. The number of urea groups is 1. The molecule has 0 bridgehead atoms. The van der Waals surface area contributed by atoms with Gasteiger partial charge in [-0.25, -0.2) is 4.79 Å². The van der Waals surface area contributed by atoms with E-state index in [1.807, 2.05) is 0 Å². The molecule has 110 valence electrons. The maximum absolute atomic E-state index is 11.9. The van der Waals surface area contributed by atoms with Crippen molar-refractivity contribution in [1.29, 1.82) is 0 Å². The molecule has 0 unspecified atom stereocenters. The van der Waals surface area contributed by atoms with E-state index in [2.05, 4.69) is 15.4 Å². The van der Waals surface area contributed by atoms with Gasteiger partial charge in [-0.05, 0) is 24.3 Å². The molecule has 0 atom stereocenters. The molecule has 8 heteroatoms. The molecule has 1 aromatic carbocycles. The number of allylic oxidation sites excluding steroid dienone is 1. The average Bonchev–Trinajstić information content (AvgIpc) is 2.35. The smallest absolute Gasteiger partial charge is 0.406 e. The van der Waals surface area contributed by atoms with Crippen LogP contribution in [0.1, 0.15) is 0 Å². The lowest BCUT2D eigenvalue weighted by Crippen LogP contribution is -2.28. The Kier molecular flexibility index (Phi) is 6.17. The largest absolute Gasteiger partial charge is 0.573 e. The number of amides is 2. The average molecular weight is 309 g/mol. The molecule has 0 heterocycles. The van der Waals surface area contributed by atoms with Crippen LogP contribution in [0.25, 0.3) is 0 Å². The third kappa shape index (κ3) is 6.89. The number of hydrogen-bond acceptors (Lipinski definition) is 2. The normalized spacial score (nSPS) is 11.4. The van der Waals surface area contributed by atoms with Crippen LogP contribution in [0, 0.1) is 0 Å². The Morgan fingerprint density at radius 1 is 1.25 bits per heavy atom. The predicted octanol–water partition coefficient (Wildman–Crippen LogP) is 3.50. The fraction of sp³-hybridized carbons (Fsp3) is 0.250. The van der Waals surface area contributed by atoms with E-state index in [4.69, 9.17) is 11.6 Å². The topological polar surface area (TPSA) is 50.4 Å². The Morgan fingerprint density at radius 3 is 2.45 bits per heavy atom. The third-order valence-electron chi connectivity index (χ3n) is 1.98. The summed E-state index contributed by atoms with van der Waals surface area (Å²) in [6.07, 6.45) is -1.39. The quantitative estimate of drug-likeness (QED) is 0.646. The van der Waals surface area contributed by atoms with Gasteiger partial charge in [-0.2, -0.15) is 0 Å². The molecule has 0 aromatic heterocycles. The number of carbonyl (C=O) groups excluding carboxylic acids is 1. The van der Waals surface area contributed by atoms with Crippen molar-refractivity contribution in [2.45, 2.75) is 6.36 Å². The van der Waals surface area contributed by atoms with E-state index < -0.39 is 12.4 Å². The van der Waals surface area contributed by atoms with Crippen LogP contribution >= 0.6 is 11.6 Å². The summed E-state index contributed by atoms with van der Waals surface area (Å²) in [5, 5.41) is 4.97. The fourth-order valence-electron chi connectivity index (χ4n) is 1.21. The molecule has 0 fully saturated rings. The molecule has 20 heavy (non-hydrogen) atoms. The molecule has 4 nitrogen and oxygen atoms in total. The van der Waals surface area contributed by atoms with E-state index in [-0.39, 0.29) is 5.75 Å². The van der Waals surface area contributed by atoms with Gasteiger partial charge in [0.25, 0.3) is 0 Å². The van der Waals surface area contributed by atoms with E-state index in [1.54, 1.807) is 12.2 Å². The Morgan fingerprint density at radius 2 is 1.90 bits per heavy atom. The van der Waals surface area contributed by atoms with Crippen molar-refractivity contribution in [3.05, 3.63) is 36.4 Å². The molecule has 1 aromatic rings. The lowest BCUT2D eigenvalue weighted by molar-refractivity contribution is -0.274. The number of hydrogen-bond donors (Lipinski definition) is 2. The van der Waals surface area contributed by atoms with Crippen molar-refractivity contribution >= 4 is 23.3 Å². The zero-order valence-corrected chi connectivity index (χ0v) is 11.0. The van der Waals surface area contributed by atoms with Gasteiger partial charge < -0.3 is 15.4 Å². The summed E-state index contributed by atoms with van der Waals surface area (Å²) < 4.78 is 39.5. The molecule has 0 radical (unpaired) electrons. The van der Waals surface area contributed by atoms with E-state index >= 15 is 0 Å². The highest BCUT2D eigenvalue weighted by Crippen LogP contribution is 2.23. The molecule has 0 saturated carbocycles. The SMILES string of the molecule is O=C(NC/C=C/CCl)Nc1ccc(OC(F)(F)F)cc1. The number of ether oxygens (including phenoxy) is 1. The number of anilines is 1. The number of benzene rings is 1. The summed E-state index contributed by atoms with van der Waals surface area (Å²) in [5.74, 6) is -0.00208. The second-order valence-corrected chi connectivity index (χ2v) is 3.84. The van der Waals surface area contributed by atoms with Gasteiger partial charge in [-0.3, -0.25) is 0 Å². The van der Waals surface area contributed by atoms with E-state index in [1.165, 1.54) is 12.1 Å². The number of alkyl halides is 4. The molecule has 2 amide bonds. The first-order valence-electron chi connectivity index (χ1n) is 5.52. The van der Waals surface area contributed by atoms with Crippen molar-refractivity contribution in [2.24, 2.45) is 0 Å². The monoisotopic (exact) mass is 308 g/mol. The highest BCUT2D eigenvalue weighted by molar-refractivity contribution is 6.18. The number of nitrogens with one attached hydrogen (secondary N) is 2. The van der Waals surface area contributed by atoms with Crippen LogP contribution in [0.4, 0.5) is 23.7 Å². The summed E-state index contributed by atoms with van der Waals surface area (Å²) in [4.78, 5) is 11.4. The third-order valence-corrected chi connectivity index (χ3v) is 2.16. The molecule has 1 rings (SSSR count). The zero-order valence-electron chi connectivity index (χ0n) is 10.2. The van der Waals surface area contributed by atoms with Crippen LogP contribution in [0.3, 0.4) is 0 Å². The minimum atomic E-state index is -4.74. The Balaban J connectivity index is 2.45. The molecule has 0 aliphatic carbocycles. The van der Waals surface area contributed by atoms with Gasteiger partial charge in [0, 0.05) is 18.1 Å². The standard InChI is InChI=1S/C12H12ClF3N2O2/c13-7-1-2-8-17-11(19)18-9-3-5-10(6-4-9)20-12(14,15)16/h1-6H,7-8H2,(H2,17,18,19)/b2-1+. The maximum Gasteiger partial charge on any atom is 0.573 e. The first-order chi connectivity index (χ1) is 9.40.